The Balaban J connectivity index is 0.00000357. The summed E-state index contributed by atoms with van der Waals surface area (Å²) < 4.78 is 3.32. The van der Waals surface area contributed by atoms with Crippen molar-refractivity contribution >= 4 is 43.4 Å². The van der Waals surface area contributed by atoms with Gasteiger partial charge in [-0.1, -0.05) is 130 Å². The molecule has 45 heavy (non-hydrogen) atoms. The number of aryl methyl sites for hydroxylation is 2. The molecule has 7 aromatic rings. The minimum Gasteiger partial charge on any atom is -0.349 e. The van der Waals surface area contributed by atoms with Crippen LogP contribution in [0.15, 0.2) is 143 Å². The fourth-order valence-electron chi connectivity index (χ4n) is 5.82. The Morgan fingerprint density at radius 3 is 1.16 bits per heavy atom. The zero-order chi connectivity index (χ0) is 30.2. The third kappa shape index (κ3) is 5.66. The average molecular weight is 764 g/mol. The molecule has 0 aliphatic carbocycles. The molecule has 0 atom stereocenters. The number of fused-ring (bicyclic) bond motifs is 8. The van der Waals surface area contributed by atoms with Crippen LogP contribution in [0, 0.1) is 12.1 Å². The molecule has 0 aliphatic rings. The third-order valence-corrected chi connectivity index (χ3v) is 8.13. The van der Waals surface area contributed by atoms with Gasteiger partial charge in [-0.2, -0.15) is 0 Å². The van der Waals surface area contributed by atoms with Crippen molar-refractivity contribution in [1.29, 1.82) is 0 Å². The monoisotopic (exact) mass is 763 g/mol. The van der Waals surface area contributed by atoms with Crippen molar-refractivity contribution in [2.45, 2.75) is 0 Å². The molecule has 0 saturated heterocycles. The summed E-state index contributed by atoms with van der Waals surface area (Å²) in [7, 11) is 3.56. The normalized spacial score (nSPS) is 10.9. The summed E-state index contributed by atoms with van der Waals surface area (Å²) in [6, 6.07) is 50.1. The van der Waals surface area contributed by atoms with Gasteiger partial charge in [0.15, 0.2) is 11.1 Å². The number of para-hydroxylation sites is 2. The zero-order valence-electron chi connectivity index (χ0n) is 24.7. The minimum absolute atomic E-state index is 0. The van der Waals surface area contributed by atoms with Crippen LogP contribution < -0.4 is 11.1 Å². The summed E-state index contributed by atoms with van der Waals surface area (Å²) in [5.74, 6) is 0. The van der Waals surface area contributed by atoms with Crippen LogP contribution in [0.4, 0.5) is 0 Å². The van der Waals surface area contributed by atoms with Gasteiger partial charge in [-0.15, -0.1) is 47.2 Å². The van der Waals surface area contributed by atoms with Crippen LogP contribution in [-0.4, -0.2) is 9.13 Å². The molecule has 0 radical (unpaired) electrons. The summed E-state index contributed by atoms with van der Waals surface area (Å²) in [4.78, 5) is 28.6. The molecule has 0 amide bonds. The van der Waals surface area contributed by atoms with Crippen LogP contribution in [0.1, 0.15) is 0 Å². The SMILES string of the molecule is Cn1c(=O)c2[c-]c(cc(-c3ccccc3)c2)c2ccccc2n(C)c(=O)c2[c-]c(cc(-c3ccccc3)c2)c2ccccc21.[Pt+4]. The first-order valence-electron chi connectivity index (χ1n) is 14.5. The predicted octanol–water partition coefficient (Wildman–Crippen LogP) is 8.32. The van der Waals surface area contributed by atoms with Gasteiger partial charge < -0.3 is 18.7 Å². The van der Waals surface area contributed by atoms with E-state index in [1.165, 1.54) is 0 Å². The summed E-state index contributed by atoms with van der Waals surface area (Å²) in [6.07, 6.45) is 0. The molecule has 0 N–H and O–H groups in total. The number of aromatic nitrogens is 2. The van der Waals surface area contributed by atoms with E-state index in [0.717, 1.165) is 43.8 Å². The van der Waals surface area contributed by atoms with E-state index in [1.54, 1.807) is 23.2 Å². The summed E-state index contributed by atoms with van der Waals surface area (Å²) in [5.41, 5.74) is 4.82. The average Bonchev–Trinajstić information content (AvgIpc) is 3.10. The fourth-order valence-corrected chi connectivity index (χ4v) is 5.82. The second-order valence-electron chi connectivity index (χ2n) is 10.9. The molecule has 0 aliphatic heterocycles. The van der Waals surface area contributed by atoms with Crippen LogP contribution in [-0.2, 0) is 35.2 Å². The van der Waals surface area contributed by atoms with Gasteiger partial charge in [0.05, 0.1) is 0 Å². The van der Waals surface area contributed by atoms with Crippen LogP contribution in [0.5, 0.6) is 0 Å². The largest absolute Gasteiger partial charge is 4.00 e. The smallest absolute Gasteiger partial charge is 0.349 e. The van der Waals surface area contributed by atoms with E-state index < -0.39 is 0 Å². The molecule has 0 spiro atoms. The Hall–Kier alpha value is -5.05. The molecular weight excluding hydrogens is 736 g/mol. The maximum Gasteiger partial charge on any atom is 4.00 e. The molecule has 4 nitrogen and oxygen atoms in total. The van der Waals surface area contributed by atoms with Crippen molar-refractivity contribution in [3.63, 3.8) is 0 Å². The quantitative estimate of drug-likeness (QED) is 0.167. The van der Waals surface area contributed by atoms with E-state index >= 15 is 0 Å². The third-order valence-electron chi connectivity index (χ3n) is 8.13. The number of hydrogen-bond donors (Lipinski definition) is 0. The molecule has 7 rings (SSSR count). The topological polar surface area (TPSA) is 44.0 Å². The Kier molecular flexibility index (Phi) is 8.34. The van der Waals surface area contributed by atoms with Crippen LogP contribution in [0.3, 0.4) is 0 Å². The Labute approximate surface area is 275 Å². The van der Waals surface area contributed by atoms with Crippen LogP contribution in [0.25, 0.3) is 65.6 Å². The molecule has 0 fully saturated rings. The molecule has 6 aromatic carbocycles. The van der Waals surface area contributed by atoms with E-state index in [0.29, 0.717) is 21.8 Å². The van der Waals surface area contributed by atoms with E-state index in [2.05, 4.69) is 12.1 Å². The molecular formula is C40H28N2O2Pt+2. The number of rotatable bonds is 2. The first-order valence-corrected chi connectivity index (χ1v) is 14.5. The molecule has 0 unspecified atom stereocenters. The Morgan fingerprint density at radius 1 is 0.422 bits per heavy atom. The summed E-state index contributed by atoms with van der Waals surface area (Å²) >= 11 is 0. The van der Waals surface area contributed by atoms with E-state index in [-0.39, 0.29) is 32.2 Å². The van der Waals surface area contributed by atoms with E-state index in [9.17, 15) is 9.59 Å². The maximum atomic E-state index is 14.3. The second kappa shape index (κ2) is 12.5. The molecule has 5 heteroatoms. The number of hydrogen-bond acceptors (Lipinski definition) is 2. The molecule has 218 valence electrons. The maximum absolute atomic E-state index is 14.3. The minimum atomic E-state index is -0.185. The Morgan fingerprint density at radius 2 is 0.756 bits per heavy atom. The van der Waals surface area contributed by atoms with Gasteiger partial charge >= 0.3 is 21.1 Å². The van der Waals surface area contributed by atoms with Gasteiger partial charge in [0.25, 0.3) is 0 Å². The first kappa shape index (κ1) is 30.0. The van der Waals surface area contributed by atoms with Gasteiger partial charge in [0.2, 0.25) is 0 Å². The van der Waals surface area contributed by atoms with Gasteiger partial charge in [-0.3, -0.25) is 0 Å². The van der Waals surface area contributed by atoms with Crippen LogP contribution in [0.2, 0.25) is 0 Å². The van der Waals surface area contributed by atoms with Crippen molar-refractivity contribution < 1.29 is 21.1 Å². The van der Waals surface area contributed by atoms with E-state index in [1.807, 2.05) is 133 Å². The number of benzene rings is 6. The molecule has 1 aromatic heterocycles. The standard InChI is InChI=1S/C40H28N2O2.Pt/c1-41-37-19-11-9-17-35(37)31-21-30(28-15-7-4-8-16-28)24-34(26-31)40(44)42(2)38-20-12-10-18-36(38)32-22-29(23-33(25-32)39(41)43)27-13-5-3-6-14-27;/h3-24H,1-2H3;/q-2;+4. The van der Waals surface area contributed by atoms with Crippen LogP contribution >= 0.6 is 0 Å². The summed E-state index contributed by atoms with van der Waals surface area (Å²) in [5, 5.41) is 3.92. The van der Waals surface area contributed by atoms with Gasteiger partial charge in [-0.05, 0) is 23.3 Å². The van der Waals surface area contributed by atoms with Gasteiger partial charge in [0.1, 0.15) is 0 Å². The number of nitrogens with zero attached hydrogens (tertiary/aromatic N) is 2. The van der Waals surface area contributed by atoms with E-state index in [4.69, 9.17) is 0 Å². The molecule has 1 heterocycles. The summed E-state index contributed by atoms with van der Waals surface area (Å²) in [6.45, 7) is 0. The second-order valence-corrected chi connectivity index (χ2v) is 10.9. The van der Waals surface area contributed by atoms with Crippen molar-refractivity contribution in [2.24, 2.45) is 14.1 Å². The fraction of sp³-hybridized carbons (Fsp3) is 0.0500. The molecule has 0 saturated carbocycles. The van der Waals surface area contributed by atoms with Gasteiger partial charge in [-0.25, -0.2) is 0 Å². The van der Waals surface area contributed by atoms with Gasteiger partial charge in [0, 0.05) is 25.1 Å². The zero-order valence-corrected chi connectivity index (χ0v) is 27.0. The first-order chi connectivity index (χ1) is 21.5. The van der Waals surface area contributed by atoms with Crippen molar-refractivity contribution in [3.8, 4) is 22.3 Å². The van der Waals surface area contributed by atoms with Crippen molar-refractivity contribution in [1.82, 2.24) is 9.13 Å². The Bertz CT molecular complexity index is 2270. The van der Waals surface area contributed by atoms with Crippen molar-refractivity contribution in [3.05, 3.63) is 166 Å². The molecule has 4 bridgehead atoms. The van der Waals surface area contributed by atoms with Crippen molar-refractivity contribution in [2.75, 3.05) is 0 Å². The predicted molar refractivity (Wildman–Crippen MR) is 182 cm³/mol.